The smallest absolute Gasteiger partial charge is 0.263 e. The molecule has 0 bridgehead atoms. The second kappa shape index (κ2) is 7.99. The molecule has 0 aliphatic carbocycles. The molecule has 0 radical (unpaired) electrons. The summed E-state index contributed by atoms with van der Waals surface area (Å²) >= 11 is 0. The SMILES string of the molecule is CCC(C)n1nccc1NC(=O)COc1ccc(C(C)C)c(C)c1. The maximum atomic E-state index is 12.1. The van der Waals surface area contributed by atoms with E-state index in [9.17, 15) is 4.79 Å². The van der Waals surface area contributed by atoms with Crippen LogP contribution in [0.5, 0.6) is 5.75 Å². The van der Waals surface area contributed by atoms with Gasteiger partial charge in [0.2, 0.25) is 0 Å². The number of hydrogen-bond donors (Lipinski definition) is 1. The van der Waals surface area contributed by atoms with Crippen molar-refractivity contribution in [2.24, 2.45) is 0 Å². The largest absolute Gasteiger partial charge is 0.484 e. The molecule has 1 heterocycles. The molecule has 2 aromatic rings. The van der Waals surface area contributed by atoms with Crippen molar-refractivity contribution in [1.82, 2.24) is 9.78 Å². The predicted molar refractivity (Wildman–Crippen MR) is 96.6 cm³/mol. The summed E-state index contributed by atoms with van der Waals surface area (Å²) < 4.78 is 7.44. The third kappa shape index (κ3) is 4.37. The molecule has 0 aliphatic heterocycles. The number of carbonyl (C=O) groups is 1. The van der Waals surface area contributed by atoms with Gasteiger partial charge in [-0.3, -0.25) is 4.79 Å². The van der Waals surface area contributed by atoms with Crippen molar-refractivity contribution in [2.75, 3.05) is 11.9 Å². The number of aryl methyl sites for hydroxylation is 1. The standard InChI is InChI=1S/C19H27N3O2/c1-6-15(5)22-18(9-10-20-22)21-19(23)12-24-16-7-8-17(13(2)3)14(4)11-16/h7-11,13,15H,6,12H2,1-5H3,(H,21,23). The average Bonchev–Trinajstić information content (AvgIpc) is 3.00. The van der Waals surface area contributed by atoms with Crippen LogP contribution in [0.1, 0.15) is 57.2 Å². The molecule has 0 spiro atoms. The molecule has 2 rings (SSSR count). The highest BCUT2D eigenvalue weighted by Crippen LogP contribution is 2.23. The average molecular weight is 329 g/mol. The zero-order chi connectivity index (χ0) is 17.7. The molecule has 1 N–H and O–H groups in total. The molecule has 0 fully saturated rings. The number of ether oxygens (including phenoxy) is 1. The molecule has 1 atom stereocenters. The van der Waals surface area contributed by atoms with E-state index in [1.54, 1.807) is 12.3 Å². The van der Waals surface area contributed by atoms with Crippen molar-refractivity contribution in [3.8, 4) is 5.75 Å². The van der Waals surface area contributed by atoms with Gasteiger partial charge in [0.15, 0.2) is 6.61 Å². The Balaban J connectivity index is 1.94. The fourth-order valence-corrected chi connectivity index (χ4v) is 2.65. The van der Waals surface area contributed by atoms with Crippen molar-refractivity contribution < 1.29 is 9.53 Å². The highest BCUT2D eigenvalue weighted by atomic mass is 16.5. The Morgan fingerprint density at radius 1 is 1.29 bits per heavy atom. The second-order valence-corrected chi connectivity index (χ2v) is 6.43. The Kier molecular flexibility index (Phi) is 6.01. The number of hydrogen-bond acceptors (Lipinski definition) is 3. The van der Waals surface area contributed by atoms with Crippen LogP contribution in [0.4, 0.5) is 5.82 Å². The van der Waals surface area contributed by atoms with E-state index < -0.39 is 0 Å². The maximum Gasteiger partial charge on any atom is 0.263 e. The maximum absolute atomic E-state index is 12.1. The molecule has 130 valence electrons. The number of anilines is 1. The molecule has 1 unspecified atom stereocenters. The van der Waals surface area contributed by atoms with Gasteiger partial charge < -0.3 is 10.1 Å². The van der Waals surface area contributed by atoms with E-state index >= 15 is 0 Å². The summed E-state index contributed by atoms with van der Waals surface area (Å²) in [6, 6.07) is 7.99. The topological polar surface area (TPSA) is 56.2 Å². The Morgan fingerprint density at radius 3 is 2.67 bits per heavy atom. The molecular weight excluding hydrogens is 302 g/mol. The van der Waals surface area contributed by atoms with E-state index in [2.05, 4.69) is 51.1 Å². The van der Waals surface area contributed by atoms with Crippen LogP contribution in [-0.4, -0.2) is 22.3 Å². The van der Waals surface area contributed by atoms with Crippen molar-refractivity contribution in [1.29, 1.82) is 0 Å². The summed E-state index contributed by atoms with van der Waals surface area (Å²) in [5.74, 6) is 1.70. The minimum atomic E-state index is -0.189. The van der Waals surface area contributed by atoms with Gasteiger partial charge in [-0.2, -0.15) is 5.10 Å². The number of benzene rings is 1. The van der Waals surface area contributed by atoms with Crippen molar-refractivity contribution in [3.05, 3.63) is 41.6 Å². The number of rotatable bonds is 7. The molecule has 0 saturated carbocycles. The lowest BCUT2D eigenvalue weighted by molar-refractivity contribution is -0.118. The fourth-order valence-electron chi connectivity index (χ4n) is 2.65. The first kappa shape index (κ1) is 18.0. The lowest BCUT2D eigenvalue weighted by Gasteiger charge is -2.15. The van der Waals surface area contributed by atoms with Crippen LogP contribution in [-0.2, 0) is 4.79 Å². The van der Waals surface area contributed by atoms with Gasteiger partial charge in [0.1, 0.15) is 11.6 Å². The zero-order valence-electron chi connectivity index (χ0n) is 15.2. The summed E-state index contributed by atoms with van der Waals surface area (Å²) in [6.07, 6.45) is 2.64. The van der Waals surface area contributed by atoms with Gasteiger partial charge >= 0.3 is 0 Å². The molecule has 0 aliphatic rings. The minimum absolute atomic E-state index is 0.0217. The summed E-state index contributed by atoms with van der Waals surface area (Å²) in [7, 11) is 0. The second-order valence-electron chi connectivity index (χ2n) is 6.43. The minimum Gasteiger partial charge on any atom is -0.484 e. The van der Waals surface area contributed by atoms with Gasteiger partial charge in [0.25, 0.3) is 5.91 Å². The first-order valence-corrected chi connectivity index (χ1v) is 8.49. The highest BCUT2D eigenvalue weighted by molar-refractivity contribution is 5.91. The third-order valence-corrected chi connectivity index (χ3v) is 4.18. The van der Waals surface area contributed by atoms with Crippen LogP contribution in [0.15, 0.2) is 30.5 Å². The predicted octanol–water partition coefficient (Wildman–Crippen LogP) is 4.30. The van der Waals surface area contributed by atoms with Gasteiger partial charge in [-0.1, -0.05) is 26.8 Å². The molecule has 1 amide bonds. The molecule has 5 nitrogen and oxygen atoms in total. The van der Waals surface area contributed by atoms with Crippen LogP contribution in [0, 0.1) is 6.92 Å². The monoisotopic (exact) mass is 329 g/mol. The Bertz CT molecular complexity index is 692. The Hall–Kier alpha value is -2.30. The first-order valence-electron chi connectivity index (χ1n) is 8.49. The van der Waals surface area contributed by atoms with E-state index in [1.165, 1.54) is 11.1 Å². The number of nitrogens with zero attached hydrogens (tertiary/aromatic N) is 2. The van der Waals surface area contributed by atoms with Crippen LogP contribution in [0.3, 0.4) is 0 Å². The van der Waals surface area contributed by atoms with E-state index in [0.717, 1.165) is 6.42 Å². The number of carbonyl (C=O) groups excluding carboxylic acids is 1. The van der Waals surface area contributed by atoms with E-state index in [1.807, 2.05) is 16.8 Å². The van der Waals surface area contributed by atoms with E-state index in [4.69, 9.17) is 4.74 Å². The van der Waals surface area contributed by atoms with Crippen LogP contribution < -0.4 is 10.1 Å². The molecule has 24 heavy (non-hydrogen) atoms. The van der Waals surface area contributed by atoms with Gasteiger partial charge in [-0.05, 0) is 49.4 Å². The highest BCUT2D eigenvalue weighted by Gasteiger charge is 2.12. The van der Waals surface area contributed by atoms with Crippen molar-refractivity contribution >= 4 is 11.7 Å². The van der Waals surface area contributed by atoms with Crippen LogP contribution >= 0.6 is 0 Å². The summed E-state index contributed by atoms with van der Waals surface area (Å²) in [5, 5.41) is 7.11. The zero-order valence-corrected chi connectivity index (χ0v) is 15.2. The fraction of sp³-hybridized carbons (Fsp3) is 0.474. The van der Waals surface area contributed by atoms with Gasteiger partial charge in [-0.15, -0.1) is 0 Å². The normalized spacial score (nSPS) is 12.2. The molecule has 1 aromatic heterocycles. The Labute approximate surface area is 144 Å². The molecule has 5 heteroatoms. The lowest BCUT2D eigenvalue weighted by atomic mass is 9.98. The van der Waals surface area contributed by atoms with E-state index in [-0.39, 0.29) is 18.6 Å². The van der Waals surface area contributed by atoms with Gasteiger partial charge in [0.05, 0.1) is 12.2 Å². The molecule has 1 aromatic carbocycles. The first-order chi connectivity index (χ1) is 11.4. The number of nitrogens with one attached hydrogen (secondary N) is 1. The van der Waals surface area contributed by atoms with Gasteiger partial charge in [0, 0.05) is 6.07 Å². The van der Waals surface area contributed by atoms with Crippen LogP contribution in [0.25, 0.3) is 0 Å². The van der Waals surface area contributed by atoms with E-state index in [0.29, 0.717) is 17.5 Å². The number of aromatic nitrogens is 2. The Morgan fingerprint density at radius 2 is 2.04 bits per heavy atom. The quantitative estimate of drug-likeness (QED) is 0.824. The summed E-state index contributed by atoms with van der Waals surface area (Å²) in [5.41, 5.74) is 2.47. The summed E-state index contributed by atoms with van der Waals surface area (Å²) in [4.78, 5) is 12.1. The molecule has 0 saturated heterocycles. The van der Waals surface area contributed by atoms with Crippen molar-refractivity contribution in [2.45, 2.75) is 53.0 Å². The van der Waals surface area contributed by atoms with Gasteiger partial charge in [-0.25, -0.2) is 4.68 Å². The summed E-state index contributed by atoms with van der Waals surface area (Å²) in [6.45, 7) is 10.5. The molecular formula is C19H27N3O2. The lowest BCUT2D eigenvalue weighted by Crippen LogP contribution is -2.23. The van der Waals surface area contributed by atoms with Crippen LogP contribution in [0.2, 0.25) is 0 Å². The van der Waals surface area contributed by atoms with Crippen molar-refractivity contribution in [3.63, 3.8) is 0 Å². The third-order valence-electron chi connectivity index (χ3n) is 4.18. The number of amides is 1.